The maximum Gasteiger partial charge on any atom is 0.265 e. The fraction of sp³-hybridized carbons (Fsp3) is 0.379. The Balaban J connectivity index is 1.56. The van der Waals surface area contributed by atoms with Crippen molar-refractivity contribution in [3.8, 4) is 0 Å². The second-order valence-corrected chi connectivity index (χ2v) is 13.3. The minimum absolute atomic E-state index is 0.0414. The van der Waals surface area contributed by atoms with E-state index in [1.165, 1.54) is 9.21 Å². The van der Waals surface area contributed by atoms with Crippen molar-refractivity contribution in [3.63, 3.8) is 0 Å². The number of rotatable bonds is 9. The first-order valence-corrected chi connectivity index (χ1v) is 15.1. The predicted molar refractivity (Wildman–Crippen MR) is 157 cm³/mol. The molecule has 0 saturated carbocycles. The molecule has 0 saturated heterocycles. The molecular formula is C29H33Cl2N3O4S. The number of benzene rings is 3. The number of nitrogens with zero attached hydrogens (tertiary/aromatic N) is 2. The van der Waals surface area contributed by atoms with Gasteiger partial charge in [-0.3, -0.25) is 13.9 Å². The molecule has 208 valence electrons. The lowest BCUT2D eigenvalue weighted by molar-refractivity contribution is -0.142. The lowest BCUT2D eigenvalue weighted by Gasteiger charge is -2.33. The Hall–Kier alpha value is -2.81. The Labute approximate surface area is 240 Å². The molecule has 39 heavy (non-hydrogen) atoms. The highest BCUT2D eigenvalue weighted by molar-refractivity contribution is 7.93. The van der Waals surface area contributed by atoms with Gasteiger partial charge in [-0.25, -0.2) is 8.42 Å². The van der Waals surface area contributed by atoms with Gasteiger partial charge in [-0.2, -0.15) is 0 Å². The van der Waals surface area contributed by atoms with Gasteiger partial charge in [-0.05, 0) is 63.3 Å². The van der Waals surface area contributed by atoms with Crippen LogP contribution >= 0.6 is 23.2 Å². The largest absolute Gasteiger partial charge is 0.350 e. The summed E-state index contributed by atoms with van der Waals surface area (Å²) in [5.74, 6) is -0.556. The summed E-state index contributed by atoms with van der Waals surface area (Å²) in [5.41, 5.74) is 0.688. The summed E-state index contributed by atoms with van der Waals surface area (Å²) in [6, 6.07) is 15.1. The van der Waals surface area contributed by atoms with Gasteiger partial charge in [0.2, 0.25) is 11.8 Å². The van der Waals surface area contributed by atoms with Crippen LogP contribution in [-0.2, 0) is 26.2 Å². The molecule has 0 spiro atoms. The Morgan fingerprint density at radius 3 is 2.23 bits per heavy atom. The van der Waals surface area contributed by atoms with E-state index in [1.54, 1.807) is 36.4 Å². The van der Waals surface area contributed by atoms with E-state index in [1.807, 2.05) is 45.9 Å². The summed E-state index contributed by atoms with van der Waals surface area (Å²) in [5, 5.41) is 5.33. The first-order valence-electron chi connectivity index (χ1n) is 12.9. The van der Waals surface area contributed by atoms with E-state index < -0.39 is 21.6 Å². The topological polar surface area (TPSA) is 86.8 Å². The number of carbonyl (C=O) groups is 2. The highest BCUT2D eigenvalue weighted by Crippen LogP contribution is 2.42. The number of hydrogen-bond donors (Lipinski definition) is 1. The SMILES string of the molecule is CC[C@H](C(=O)NC(C)(C)C)N(Cc1c(Cl)cccc1Cl)C(=O)CCCN1c2cccc3cccc(c23)S1(=O)=O. The van der Waals surface area contributed by atoms with E-state index in [0.717, 1.165) is 5.39 Å². The number of sulfonamides is 1. The molecule has 0 radical (unpaired) electrons. The lowest BCUT2D eigenvalue weighted by atomic mass is 10.0. The molecule has 3 aromatic rings. The fourth-order valence-corrected chi connectivity index (χ4v) is 7.21. The minimum Gasteiger partial charge on any atom is -0.350 e. The molecular weight excluding hydrogens is 557 g/mol. The molecule has 7 nitrogen and oxygen atoms in total. The smallest absolute Gasteiger partial charge is 0.265 e. The summed E-state index contributed by atoms with van der Waals surface area (Å²) >= 11 is 12.8. The van der Waals surface area contributed by atoms with Crippen molar-refractivity contribution in [1.82, 2.24) is 10.2 Å². The Morgan fingerprint density at radius 1 is 1.00 bits per heavy atom. The molecule has 0 aliphatic carbocycles. The molecule has 0 unspecified atom stereocenters. The van der Waals surface area contributed by atoms with Gasteiger partial charge < -0.3 is 10.2 Å². The third-order valence-corrected chi connectivity index (χ3v) is 9.27. The van der Waals surface area contributed by atoms with Gasteiger partial charge in [0.25, 0.3) is 10.0 Å². The molecule has 4 rings (SSSR count). The predicted octanol–water partition coefficient (Wildman–Crippen LogP) is 6.16. The van der Waals surface area contributed by atoms with Gasteiger partial charge in [-0.15, -0.1) is 0 Å². The summed E-state index contributed by atoms with van der Waals surface area (Å²) in [6.07, 6.45) is 0.694. The molecule has 0 fully saturated rings. The first kappa shape index (κ1) is 29.2. The van der Waals surface area contributed by atoms with Gasteiger partial charge in [0.15, 0.2) is 0 Å². The van der Waals surface area contributed by atoms with Crippen LogP contribution in [-0.4, -0.2) is 43.3 Å². The quantitative estimate of drug-likeness (QED) is 0.324. The van der Waals surface area contributed by atoms with Crippen LogP contribution in [0.5, 0.6) is 0 Å². The zero-order chi connectivity index (χ0) is 28.5. The van der Waals surface area contributed by atoms with E-state index in [2.05, 4.69) is 5.32 Å². The highest BCUT2D eigenvalue weighted by atomic mass is 35.5. The van der Waals surface area contributed by atoms with Crippen LogP contribution < -0.4 is 9.62 Å². The lowest BCUT2D eigenvalue weighted by Crippen LogP contribution is -2.53. The molecule has 1 N–H and O–H groups in total. The summed E-state index contributed by atoms with van der Waals surface area (Å²) in [7, 11) is -3.72. The maximum absolute atomic E-state index is 13.7. The number of anilines is 1. The van der Waals surface area contributed by atoms with Crippen molar-refractivity contribution >= 4 is 61.5 Å². The normalized spacial score (nSPS) is 14.9. The molecule has 10 heteroatoms. The van der Waals surface area contributed by atoms with Crippen LogP contribution in [0.25, 0.3) is 10.8 Å². The zero-order valence-electron chi connectivity index (χ0n) is 22.5. The van der Waals surface area contributed by atoms with Crippen molar-refractivity contribution in [2.75, 3.05) is 10.8 Å². The van der Waals surface area contributed by atoms with Gasteiger partial charge in [0, 0.05) is 46.0 Å². The molecule has 1 heterocycles. The Morgan fingerprint density at radius 2 is 1.62 bits per heavy atom. The van der Waals surface area contributed by atoms with Crippen LogP contribution in [0.1, 0.15) is 52.5 Å². The van der Waals surface area contributed by atoms with Crippen molar-refractivity contribution in [2.45, 2.75) is 70.0 Å². The highest BCUT2D eigenvalue weighted by Gasteiger charge is 2.36. The Bertz CT molecular complexity index is 1490. The first-order chi connectivity index (χ1) is 18.3. The van der Waals surface area contributed by atoms with Gasteiger partial charge in [-0.1, -0.05) is 60.5 Å². The molecule has 3 aromatic carbocycles. The van der Waals surface area contributed by atoms with Crippen LogP contribution in [0.4, 0.5) is 5.69 Å². The number of carbonyl (C=O) groups excluding carboxylic acids is 2. The van der Waals surface area contributed by atoms with Gasteiger partial charge >= 0.3 is 0 Å². The summed E-state index contributed by atoms with van der Waals surface area (Å²) in [6.45, 7) is 7.67. The second-order valence-electron chi connectivity index (χ2n) is 10.7. The second kappa shape index (κ2) is 11.4. The average molecular weight is 591 g/mol. The van der Waals surface area contributed by atoms with Crippen LogP contribution in [0.2, 0.25) is 10.0 Å². The zero-order valence-corrected chi connectivity index (χ0v) is 24.8. The molecule has 2 amide bonds. The van der Waals surface area contributed by atoms with Crippen molar-refractivity contribution < 1.29 is 18.0 Å². The van der Waals surface area contributed by atoms with E-state index >= 15 is 0 Å². The van der Waals surface area contributed by atoms with Crippen LogP contribution in [0.3, 0.4) is 0 Å². The summed E-state index contributed by atoms with van der Waals surface area (Å²) in [4.78, 5) is 28.7. The molecule has 1 aliphatic heterocycles. The van der Waals surface area contributed by atoms with E-state index in [0.29, 0.717) is 33.1 Å². The number of hydrogen-bond acceptors (Lipinski definition) is 4. The third-order valence-electron chi connectivity index (χ3n) is 6.71. The van der Waals surface area contributed by atoms with E-state index in [-0.39, 0.29) is 42.6 Å². The fourth-order valence-electron chi connectivity index (χ4n) is 4.94. The van der Waals surface area contributed by atoms with Crippen LogP contribution in [0, 0.1) is 0 Å². The van der Waals surface area contributed by atoms with Gasteiger partial charge in [0.1, 0.15) is 6.04 Å². The van der Waals surface area contributed by atoms with Crippen molar-refractivity contribution in [2.24, 2.45) is 0 Å². The minimum atomic E-state index is -3.72. The number of nitrogens with one attached hydrogen (secondary N) is 1. The molecule has 1 aliphatic rings. The van der Waals surface area contributed by atoms with E-state index in [9.17, 15) is 18.0 Å². The van der Waals surface area contributed by atoms with Crippen molar-refractivity contribution in [3.05, 3.63) is 70.2 Å². The van der Waals surface area contributed by atoms with Gasteiger partial charge in [0.05, 0.1) is 10.6 Å². The number of amides is 2. The standard InChI is InChI=1S/C29H33Cl2N3O4S/c1-5-23(28(36)32-29(2,3)4)33(18-20-21(30)12-8-13-22(20)31)26(35)16-9-17-34-24-14-6-10-19-11-7-15-25(27(19)24)39(34,37)38/h6-8,10-15,23H,5,9,16-18H2,1-4H3,(H,32,36)/t23-/m1/s1. The molecule has 0 aromatic heterocycles. The average Bonchev–Trinajstić information content (AvgIpc) is 3.07. The maximum atomic E-state index is 13.7. The third kappa shape index (κ3) is 6.03. The van der Waals surface area contributed by atoms with Crippen molar-refractivity contribution in [1.29, 1.82) is 0 Å². The van der Waals surface area contributed by atoms with E-state index in [4.69, 9.17) is 23.2 Å². The van der Waals surface area contributed by atoms with Crippen LogP contribution in [0.15, 0.2) is 59.5 Å². The molecule has 0 bridgehead atoms. The molecule has 1 atom stereocenters. The number of halogens is 2. The Kier molecular flexibility index (Phi) is 8.50. The monoisotopic (exact) mass is 589 g/mol. The summed E-state index contributed by atoms with van der Waals surface area (Å²) < 4.78 is 28.0.